The van der Waals surface area contributed by atoms with Crippen molar-refractivity contribution in [3.05, 3.63) is 151 Å². The van der Waals surface area contributed by atoms with E-state index in [-0.39, 0.29) is 5.41 Å². The predicted molar refractivity (Wildman–Crippen MR) is 198 cm³/mol. The van der Waals surface area contributed by atoms with Gasteiger partial charge in [-0.25, -0.2) is 9.97 Å². The molecule has 0 radical (unpaired) electrons. The molecular formula is C43H29N3S. The number of hydrogen-bond acceptors (Lipinski definition) is 3. The summed E-state index contributed by atoms with van der Waals surface area (Å²) in [5.41, 5.74) is 11.8. The van der Waals surface area contributed by atoms with E-state index in [1.165, 1.54) is 54.1 Å². The molecule has 9 aromatic rings. The van der Waals surface area contributed by atoms with Crippen molar-refractivity contribution < 1.29 is 0 Å². The van der Waals surface area contributed by atoms with Gasteiger partial charge >= 0.3 is 0 Å². The largest absolute Gasteiger partial charge is 0.308 e. The first-order valence-electron chi connectivity index (χ1n) is 16.1. The van der Waals surface area contributed by atoms with Gasteiger partial charge in [0, 0.05) is 42.8 Å². The minimum absolute atomic E-state index is 0.167. The van der Waals surface area contributed by atoms with Crippen LogP contribution < -0.4 is 0 Å². The Hall–Kier alpha value is -5.58. The maximum atomic E-state index is 5.41. The van der Waals surface area contributed by atoms with Crippen LogP contribution in [0.15, 0.2) is 140 Å². The van der Waals surface area contributed by atoms with Crippen molar-refractivity contribution in [3.8, 4) is 39.5 Å². The highest BCUT2D eigenvalue weighted by Gasteiger charge is 2.38. The van der Waals surface area contributed by atoms with Crippen LogP contribution in [0, 0.1) is 0 Å². The summed E-state index contributed by atoms with van der Waals surface area (Å²) in [6.07, 6.45) is 0. The van der Waals surface area contributed by atoms with Crippen LogP contribution >= 0.6 is 11.3 Å². The smallest absolute Gasteiger partial charge is 0.163 e. The summed E-state index contributed by atoms with van der Waals surface area (Å²) in [6.45, 7) is 4.74. The minimum Gasteiger partial charge on any atom is -0.308 e. The van der Waals surface area contributed by atoms with Gasteiger partial charge in [0.1, 0.15) is 4.83 Å². The van der Waals surface area contributed by atoms with Crippen molar-refractivity contribution in [1.29, 1.82) is 0 Å². The SMILES string of the molecule is CC1(C)c2ccccc2-c2ccc3c4ccccc4n(-c4ccccc4-c4nc(-c5ccccc5)c5c(n4)sc4ccccc45)c3c21. The van der Waals surface area contributed by atoms with Gasteiger partial charge in [-0.1, -0.05) is 129 Å². The molecule has 0 spiro atoms. The number of thiophene rings is 1. The molecule has 4 heteroatoms. The molecule has 47 heavy (non-hydrogen) atoms. The number of rotatable bonds is 3. The Labute approximate surface area is 276 Å². The van der Waals surface area contributed by atoms with Crippen LogP contribution in [0.25, 0.3) is 81.6 Å². The second kappa shape index (κ2) is 9.71. The molecule has 0 fully saturated rings. The lowest BCUT2D eigenvalue weighted by atomic mass is 9.81. The van der Waals surface area contributed by atoms with E-state index in [0.717, 1.165) is 38.5 Å². The Balaban J connectivity index is 1.32. The molecule has 3 aromatic heterocycles. The maximum Gasteiger partial charge on any atom is 0.163 e. The van der Waals surface area contributed by atoms with E-state index >= 15 is 0 Å². The second-order valence-electron chi connectivity index (χ2n) is 13.0. The Morgan fingerprint density at radius 3 is 2.15 bits per heavy atom. The fraction of sp³-hybridized carbons (Fsp3) is 0.0698. The molecule has 6 aromatic carbocycles. The zero-order valence-electron chi connectivity index (χ0n) is 26.0. The summed E-state index contributed by atoms with van der Waals surface area (Å²) in [5.74, 6) is 0.736. The number of benzene rings is 6. The van der Waals surface area contributed by atoms with Crippen molar-refractivity contribution in [2.24, 2.45) is 0 Å². The predicted octanol–water partition coefficient (Wildman–Crippen LogP) is 11.6. The Morgan fingerprint density at radius 1 is 0.574 bits per heavy atom. The molecule has 3 heterocycles. The van der Waals surface area contributed by atoms with Gasteiger partial charge in [-0.2, -0.15) is 0 Å². The van der Waals surface area contributed by atoms with Crippen LogP contribution in [0.2, 0.25) is 0 Å². The highest BCUT2D eigenvalue weighted by Crippen LogP contribution is 2.53. The van der Waals surface area contributed by atoms with Crippen molar-refractivity contribution in [3.63, 3.8) is 0 Å². The molecule has 1 aliphatic rings. The summed E-state index contributed by atoms with van der Waals surface area (Å²) < 4.78 is 3.70. The maximum absolute atomic E-state index is 5.41. The van der Waals surface area contributed by atoms with E-state index in [1.54, 1.807) is 11.3 Å². The van der Waals surface area contributed by atoms with E-state index < -0.39 is 0 Å². The van der Waals surface area contributed by atoms with Crippen LogP contribution in [0.1, 0.15) is 25.0 Å². The first kappa shape index (κ1) is 26.6. The molecule has 3 nitrogen and oxygen atoms in total. The number of aromatic nitrogens is 3. The molecule has 10 rings (SSSR count). The normalized spacial score (nSPS) is 13.5. The lowest BCUT2D eigenvalue weighted by molar-refractivity contribution is 0.664. The Morgan fingerprint density at radius 2 is 1.28 bits per heavy atom. The van der Waals surface area contributed by atoms with Gasteiger partial charge in [0.25, 0.3) is 0 Å². The highest BCUT2D eigenvalue weighted by atomic mass is 32.1. The van der Waals surface area contributed by atoms with Gasteiger partial charge in [-0.3, -0.25) is 0 Å². The zero-order valence-corrected chi connectivity index (χ0v) is 26.8. The molecule has 0 atom stereocenters. The van der Waals surface area contributed by atoms with Gasteiger partial charge in [0.05, 0.1) is 22.4 Å². The molecule has 0 aliphatic heterocycles. The van der Waals surface area contributed by atoms with E-state index in [1.807, 2.05) is 0 Å². The summed E-state index contributed by atoms with van der Waals surface area (Å²) in [7, 11) is 0. The molecule has 222 valence electrons. The third-order valence-corrected chi connectivity index (χ3v) is 11.1. The van der Waals surface area contributed by atoms with E-state index in [2.05, 4.69) is 158 Å². The third-order valence-electron chi connectivity index (χ3n) is 10.0. The number of hydrogen-bond donors (Lipinski definition) is 0. The lowest BCUT2D eigenvalue weighted by Gasteiger charge is -2.24. The summed E-state index contributed by atoms with van der Waals surface area (Å²) in [4.78, 5) is 11.7. The topological polar surface area (TPSA) is 30.7 Å². The number of para-hydroxylation sites is 2. The number of fused-ring (bicyclic) bond motifs is 10. The molecule has 1 aliphatic carbocycles. The van der Waals surface area contributed by atoms with Crippen LogP contribution in [0.3, 0.4) is 0 Å². The van der Waals surface area contributed by atoms with Crippen molar-refractivity contribution in [2.45, 2.75) is 19.3 Å². The van der Waals surface area contributed by atoms with Gasteiger partial charge in [0.15, 0.2) is 5.82 Å². The third kappa shape index (κ3) is 3.67. The average Bonchev–Trinajstić information content (AvgIpc) is 3.74. The summed E-state index contributed by atoms with van der Waals surface area (Å²) in [5, 5.41) is 4.83. The van der Waals surface area contributed by atoms with Gasteiger partial charge in [0.2, 0.25) is 0 Å². The van der Waals surface area contributed by atoms with E-state index in [4.69, 9.17) is 9.97 Å². The molecule has 0 N–H and O–H groups in total. The van der Waals surface area contributed by atoms with Crippen molar-refractivity contribution in [1.82, 2.24) is 14.5 Å². The standard InChI is InChI=1S/C43H29N3S/c1-43(2)33-20-10-6-16-27(33)29-24-25-30-28-17-7-11-21-34(28)46(40(30)38(29)43)35-22-12-8-18-31(35)41-44-39(26-14-4-3-5-15-26)37-32-19-9-13-23-36(32)47-42(37)45-41/h3-25H,1-2H3. The zero-order chi connectivity index (χ0) is 31.3. The summed E-state index contributed by atoms with van der Waals surface area (Å²) in [6, 6.07) is 50.1. The molecule has 0 unspecified atom stereocenters. The number of nitrogens with zero attached hydrogens (tertiary/aromatic N) is 3. The van der Waals surface area contributed by atoms with Crippen molar-refractivity contribution >= 4 is 53.4 Å². The first-order valence-corrected chi connectivity index (χ1v) is 16.9. The lowest BCUT2D eigenvalue weighted by Crippen LogP contribution is -2.16. The minimum atomic E-state index is -0.167. The fourth-order valence-corrected chi connectivity index (χ4v) is 9.04. The van der Waals surface area contributed by atoms with Crippen molar-refractivity contribution in [2.75, 3.05) is 0 Å². The van der Waals surface area contributed by atoms with E-state index in [9.17, 15) is 0 Å². The molecule has 0 amide bonds. The van der Waals surface area contributed by atoms with Crippen LogP contribution in [0.4, 0.5) is 0 Å². The molecular weight excluding hydrogens is 591 g/mol. The van der Waals surface area contributed by atoms with Gasteiger partial charge in [-0.05, 0) is 46.5 Å². The fourth-order valence-electron chi connectivity index (χ4n) is 7.97. The summed E-state index contributed by atoms with van der Waals surface area (Å²) >= 11 is 1.74. The first-order chi connectivity index (χ1) is 23.1. The quantitative estimate of drug-likeness (QED) is 0.197. The second-order valence-corrected chi connectivity index (χ2v) is 14.0. The monoisotopic (exact) mass is 619 g/mol. The molecule has 0 saturated heterocycles. The average molecular weight is 620 g/mol. The van der Waals surface area contributed by atoms with Gasteiger partial charge < -0.3 is 4.57 Å². The van der Waals surface area contributed by atoms with Crippen LogP contribution in [-0.2, 0) is 5.41 Å². The Bertz CT molecular complexity index is 2710. The van der Waals surface area contributed by atoms with Crippen LogP contribution in [-0.4, -0.2) is 14.5 Å². The molecule has 0 bridgehead atoms. The van der Waals surface area contributed by atoms with Crippen LogP contribution in [0.5, 0.6) is 0 Å². The molecule has 0 saturated carbocycles. The highest BCUT2D eigenvalue weighted by molar-refractivity contribution is 7.25. The Kier molecular flexibility index (Phi) is 5.50. The van der Waals surface area contributed by atoms with E-state index in [0.29, 0.717) is 0 Å². The van der Waals surface area contributed by atoms with Gasteiger partial charge in [-0.15, -0.1) is 11.3 Å².